The van der Waals surface area contributed by atoms with Crippen LogP contribution < -0.4 is 11.1 Å². The largest absolute Gasteiger partial charge is 0.326 e. The van der Waals surface area contributed by atoms with E-state index >= 15 is 0 Å². The van der Waals surface area contributed by atoms with Gasteiger partial charge in [-0.2, -0.15) is 0 Å². The summed E-state index contributed by atoms with van der Waals surface area (Å²) in [7, 11) is -3.35. The molecule has 1 aliphatic heterocycles. The number of nitrogens with zero attached hydrogens (tertiary/aromatic N) is 2. The van der Waals surface area contributed by atoms with Crippen LogP contribution in [0.2, 0.25) is 0 Å². The van der Waals surface area contributed by atoms with Crippen molar-refractivity contribution in [3.8, 4) is 16.8 Å². The summed E-state index contributed by atoms with van der Waals surface area (Å²) in [6, 6.07) is 22.3. The number of sulfone groups is 1. The molecule has 8 heteroatoms. The quantitative estimate of drug-likeness (QED) is 0.444. The van der Waals surface area contributed by atoms with Crippen molar-refractivity contribution >= 4 is 15.6 Å². The second-order valence-corrected chi connectivity index (χ2v) is 10.7. The maximum atomic E-state index is 13.4. The molecule has 1 aromatic heterocycles. The van der Waals surface area contributed by atoms with Crippen LogP contribution >= 0.6 is 0 Å². The molecular formula is C27H26N4O3S. The van der Waals surface area contributed by atoms with Crippen molar-refractivity contribution in [3.05, 3.63) is 102 Å². The van der Waals surface area contributed by atoms with Gasteiger partial charge in [-0.05, 0) is 34.9 Å². The van der Waals surface area contributed by atoms with E-state index in [1.165, 1.54) is 6.26 Å². The van der Waals surface area contributed by atoms with Crippen LogP contribution in [-0.2, 0) is 22.9 Å². The predicted octanol–water partition coefficient (Wildman–Crippen LogP) is 3.82. The summed E-state index contributed by atoms with van der Waals surface area (Å²) in [4.78, 5) is 18.2. The van der Waals surface area contributed by atoms with Crippen LogP contribution in [0.4, 0.5) is 0 Å². The summed E-state index contributed by atoms with van der Waals surface area (Å²) < 4.78 is 26.2. The Morgan fingerprint density at radius 3 is 2.57 bits per heavy atom. The molecule has 35 heavy (non-hydrogen) atoms. The zero-order valence-electron chi connectivity index (χ0n) is 19.3. The van der Waals surface area contributed by atoms with Crippen LogP contribution in [-0.4, -0.2) is 30.0 Å². The number of hydrogen-bond acceptors (Lipinski definition) is 6. The molecule has 0 bridgehead atoms. The monoisotopic (exact) mass is 486 g/mol. The smallest absolute Gasteiger partial charge is 0.183 e. The van der Waals surface area contributed by atoms with Crippen LogP contribution in [0.15, 0.2) is 84.0 Å². The standard InChI is InChI=1S/C27H26N4O3S/c1-35(33,34)26-8-3-2-7-22(26)19-9-11-20(12-10-19)23-14-25(32)27-24(16-29-23)30-17-31(27)21-6-4-5-18(13-21)15-28/h2-13,17,23,29H,14-16,28H2,1H3. The Balaban J connectivity index is 1.42. The number of Topliss-reactive ketones (excluding diaryl/α,β-unsaturated/α-hetero) is 1. The summed E-state index contributed by atoms with van der Waals surface area (Å²) in [5.74, 6) is 0.0113. The number of fused-ring (bicyclic) bond motifs is 1. The number of ketones is 1. The van der Waals surface area contributed by atoms with Gasteiger partial charge in [0.1, 0.15) is 12.0 Å². The van der Waals surface area contributed by atoms with Crippen LogP contribution in [0, 0.1) is 0 Å². The SMILES string of the molecule is CS(=O)(=O)c1ccccc1-c1ccc(C2CC(=O)c3c(ncn3-c3cccc(CN)c3)CN2)cc1. The lowest BCUT2D eigenvalue weighted by Crippen LogP contribution is -2.20. The molecule has 7 nitrogen and oxygen atoms in total. The Labute approximate surface area is 204 Å². The van der Waals surface area contributed by atoms with Gasteiger partial charge < -0.3 is 11.1 Å². The maximum absolute atomic E-state index is 13.4. The van der Waals surface area contributed by atoms with Crippen molar-refractivity contribution in [1.82, 2.24) is 14.9 Å². The molecule has 0 saturated heterocycles. The molecule has 0 fully saturated rings. The van der Waals surface area contributed by atoms with Gasteiger partial charge in [-0.15, -0.1) is 0 Å². The number of benzene rings is 3. The molecule has 3 N–H and O–H groups in total. The van der Waals surface area contributed by atoms with Gasteiger partial charge in [-0.25, -0.2) is 13.4 Å². The molecule has 4 aromatic rings. The molecule has 1 atom stereocenters. The highest BCUT2D eigenvalue weighted by Crippen LogP contribution is 2.31. The zero-order valence-corrected chi connectivity index (χ0v) is 20.1. The van der Waals surface area contributed by atoms with E-state index in [2.05, 4.69) is 10.3 Å². The molecule has 0 radical (unpaired) electrons. The molecule has 5 rings (SSSR count). The Hall–Kier alpha value is -3.59. The minimum Gasteiger partial charge on any atom is -0.326 e. The number of rotatable bonds is 5. The van der Waals surface area contributed by atoms with Crippen molar-refractivity contribution in [2.45, 2.75) is 30.4 Å². The molecule has 178 valence electrons. The average molecular weight is 487 g/mol. The number of imidazole rings is 1. The van der Waals surface area contributed by atoms with Crippen LogP contribution in [0.3, 0.4) is 0 Å². The molecule has 3 aromatic carbocycles. The lowest BCUT2D eigenvalue weighted by molar-refractivity contribution is 0.0966. The van der Waals surface area contributed by atoms with Crippen molar-refractivity contribution in [3.63, 3.8) is 0 Å². The first kappa shape index (κ1) is 23.2. The number of carbonyl (C=O) groups excluding carboxylic acids is 1. The van der Waals surface area contributed by atoms with Crippen LogP contribution in [0.5, 0.6) is 0 Å². The Morgan fingerprint density at radius 1 is 1.06 bits per heavy atom. The van der Waals surface area contributed by atoms with Crippen LogP contribution in [0.25, 0.3) is 16.8 Å². The van der Waals surface area contributed by atoms with Gasteiger partial charge in [0.15, 0.2) is 15.6 Å². The number of aromatic nitrogens is 2. The van der Waals surface area contributed by atoms with Crippen LogP contribution in [0.1, 0.15) is 39.8 Å². The zero-order chi connectivity index (χ0) is 24.6. The Kier molecular flexibility index (Phi) is 6.10. The van der Waals surface area contributed by atoms with Crippen molar-refractivity contribution < 1.29 is 13.2 Å². The number of nitrogens with one attached hydrogen (secondary N) is 1. The van der Waals surface area contributed by atoms with E-state index in [9.17, 15) is 13.2 Å². The van der Waals surface area contributed by atoms with Crippen molar-refractivity contribution in [2.75, 3.05) is 6.26 Å². The van der Waals surface area contributed by atoms with E-state index in [1.807, 2.05) is 59.2 Å². The molecule has 1 unspecified atom stereocenters. The predicted molar refractivity (Wildman–Crippen MR) is 135 cm³/mol. The third kappa shape index (κ3) is 4.55. The normalized spacial score (nSPS) is 16.1. The average Bonchev–Trinajstić information content (AvgIpc) is 3.23. The first-order valence-corrected chi connectivity index (χ1v) is 13.3. The lowest BCUT2D eigenvalue weighted by Gasteiger charge is -2.17. The van der Waals surface area contributed by atoms with Gasteiger partial charge in [-0.3, -0.25) is 9.36 Å². The number of carbonyl (C=O) groups is 1. The first-order chi connectivity index (χ1) is 16.8. The van der Waals surface area contributed by atoms with Crippen molar-refractivity contribution in [2.24, 2.45) is 5.73 Å². The maximum Gasteiger partial charge on any atom is 0.183 e. The molecule has 2 heterocycles. The lowest BCUT2D eigenvalue weighted by atomic mass is 9.97. The second kappa shape index (κ2) is 9.22. The second-order valence-electron chi connectivity index (χ2n) is 8.74. The highest BCUT2D eigenvalue weighted by molar-refractivity contribution is 7.90. The minimum absolute atomic E-state index is 0.0113. The molecule has 0 saturated carbocycles. The van der Waals surface area contributed by atoms with Gasteiger partial charge in [0.25, 0.3) is 0 Å². The van der Waals surface area contributed by atoms with E-state index < -0.39 is 9.84 Å². The van der Waals surface area contributed by atoms with Gasteiger partial charge in [-0.1, -0.05) is 54.6 Å². The van der Waals surface area contributed by atoms with E-state index in [4.69, 9.17) is 5.73 Å². The summed E-state index contributed by atoms with van der Waals surface area (Å²) in [5, 5.41) is 3.45. The number of hydrogen-bond donors (Lipinski definition) is 2. The molecule has 0 aliphatic carbocycles. The molecule has 1 aliphatic rings. The highest BCUT2D eigenvalue weighted by atomic mass is 32.2. The topological polar surface area (TPSA) is 107 Å². The number of nitrogens with two attached hydrogens (primary N) is 1. The van der Waals surface area contributed by atoms with Gasteiger partial charge in [0.05, 0.1) is 10.6 Å². The van der Waals surface area contributed by atoms with E-state index in [0.717, 1.165) is 22.4 Å². The molecule has 0 amide bonds. The van der Waals surface area contributed by atoms with Gasteiger partial charge in [0, 0.05) is 43.1 Å². The summed E-state index contributed by atoms with van der Waals surface area (Å²) >= 11 is 0. The minimum atomic E-state index is -3.35. The Morgan fingerprint density at radius 2 is 1.83 bits per heavy atom. The van der Waals surface area contributed by atoms with E-state index in [-0.39, 0.29) is 18.2 Å². The summed E-state index contributed by atoms with van der Waals surface area (Å²) in [5.41, 5.74) is 11.4. The first-order valence-electron chi connectivity index (χ1n) is 11.4. The third-order valence-corrected chi connectivity index (χ3v) is 7.50. The summed E-state index contributed by atoms with van der Waals surface area (Å²) in [6.45, 7) is 0.890. The fourth-order valence-electron chi connectivity index (χ4n) is 4.57. The van der Waals surface area contributed by atoms with Gasteiger partial charge in [0.2, 0.25) is 0 Å². The summed E-state index contributed by atoms with van der Waals surface area (Å²) in [6.07, 6.45) is 3.19. The highest BCUT2D eigenvalue weighted by Gasteiger charge is 2.28. The van der Waals surface area contributed by atoms with E-state index in [0.29, 0.717) is 34.9 Å². The fraction of sp³-hybridized carbons (Fsp3) is 0.185. The third-order valence-electron chi connectivity index (χ3n) is 6.35. The molecular weight excluding hydrogens is 460 g/mol. The fourth-order valence-corrected chi connectivity index (χ4v) is 5.48. The van der Waals surface area contributed by atoms with Crippen molar-refractivity contribution in [1.29, 1.82) is 0 Å². The van der Waals surface area contributed by atoms with Gasteiger partial charge >= 0.3 is 0 Å². The van der Waals surface area contributed by atoms with E-state index in [1.54, 1.807) is 24.5 Å². The molecule has 0 spiro atoms. The Bertz CT molecular complexity index is 1510.